The van der Waals surface area contributed by atoms with E-state index < -0.39 is 0 Å². The number of rotatable bonds is 8. The van der Waals surface area contributed by atoms with Crippen LogP contribution in [0.2, 0.25) is 0 Å². The minimum atomic E-state index is 0.0595. The molecule has 5 heteroatoms. The summed E-state index contributed by atoms with van der Waals surface area (Å²) in [6.45, 7) is 2.77. The highest BCUT2D eigenvalue weighted by Gasteiger charge is 2.23. The van der Waals surface area contributed by atoms with Gasteiger partial charge in [-0.3, -0.25) is 9.69 Å². The number of ether oxygens (including phenoxy) is 1. The van der Waals surface area contributed by atoms with Gasteiger partial charge in [-0.2, -0.15) is 0 Å². The minimum Gasteiger partial charge on any atom is -0.497 e. The van der Waals surface area contributed by atoms with Crippen LogP contribution in [-0.2, 0) is 11.2 Å². The van der Waals surface area contributed by atoms with E-state index in [0.29, 0.717) is 13.0 Å². The molecule has 0 saturated carbocycles. The summed E-state index contributed by atoms with van der Waals surface area (Å²) in [4.78, 5) is 15.2. The summed E-state index contributed by atoms with van der Waals surface area (Å²) in [7, 11) is 1.68. The average Bonchev–Trinajstić information content (AvgIpc) is 3.36. The fourth-order valence-corrected chi connectivity index (χ4v) is 4.26. The van der Waals surface area contributed by atoms with E-state index >= 15 is 0 Å². The fraction of sp³-hybridized carbons (Fsp3) is 0.346. The Kier molecular flexibility index (Phi) is 7.05. The van der Waals surface area contributed by atoms with Crippen molar-refractivity contribution < 1.29 is 9.53 Å². The van der Waals surface area contributed by atoms with Gasteiger partial charge in [0.05, 0.1) is 19.6 Å². The number of aromatic nitrogens is 1. The summed E-state index contributed by atoms with van der Waals surface area (Å²) >= 11 is 0. The number of amides is 1. The Balaban J connectivity index is 1.38. The predicted molar refractivity (Wildman–Crippen MR) is 124 cm³/mol. The first-order valence-corrected chi connectivity index (χ1v) is 11.1. The standard InChI is InChI=1S/C26H31N3O2/c1-31-24-13-9-22(10-14-24)25(29-17-3-2-4-18-29)20-27-26(30)19-21-7-11-23(12-8-21)28-15-5-6-16-28/h5-16,25H,2-4,17-20H2,1H3,(H,27,30). The molecule has 3 aromatic rings. The molecule has 1 atom stereocenters. The number of benzene rings is 2. The molecular formula is C26H31N3O2. The van der Waals surface area contributed by atoms with Crippen LogP contribution in [0, 0.1) is 0 Å². The van der Waals surface area contributed by atoms with E-state index in [4.69, 9.17) is 4.74 Å². The molecule has 0 bridgehead atoms. The highest BCUT2D eigenvalue weighted by molar-refractivity contribution is 5.78. The summed E-state index contributed by atoms with van der Waals surface area (Å²) in [5.74, 6) is 0.915. The third kappa shape index (κ3) is 5.56. The molecule has 0 spiro atoms. The molecule has 1 aliphatic rings. The van der Waals surface area contributed by atoms with Gasteiger partial charge in [0.25, 0.3) is 0 Å². The molecule has 1 aliphatic heterocycles. The van der Waals surface area contributed by atoms with Crippen LogP contribution in [0.5, 0.6) is 5.75 Å². The maximum Gasteiger partial charge on any atom is 0.224 e. The van der Waals surface area contributed by atoms with E-state index in [1.165, 1.54) is 24.8 Å². The number of carbonyl (C=O) groups excluding carboxylic acids is 1. The maximum atomic E-state index is 12.7. The zero-order chi connectivity index (χ0) is 21.5. The van der Waals surface area contributed by atoms with Crippen LogP contribution in [0.15, 0.2) is 73.1 Å². The van der Waals surface area contributed by atoms with Crippen LogP contribution < -0.4 is 10.1 Å². The monoisotopic (exact) mass is 417 g/mol. The van der Waals surface area contributed by atoms with Crippen molar-refractivity contribution in [2.75, 3.05) is 26.7 Å². The van der Waals surface area contributed by atoms with E-state index in [1.54, 1.807) is 7.11 Å². The number of methoxy groups -OCH3 is 1. The van der Waals surface area contributed by atoms with Gasteiger partial charge in [0.2, 0.25) is 5.91 Å². The molecule has 1 fully saturated rings. The van der Waals surface area contributed by atoms with Gasteiger partial charge < -0.3 is 14.6 Å². The molecule has 31 heavy (non-hydrogen) atoms. The summed E-state index contributed by atoms with van der Waals surface area (Å²) in [6, 6.07) is 20.6. The Labute approximate surface area is 184 Å². The number of nitrogens with one attached hydrogen (secondary N) is 1. The Morgan fingerprint density at radius 1 is 0.968 bits per heavy atom. The molecule has 1 aromatic heterocycles. The highest BCUT2D eigenvalue weighted by Crippen LogP contribution is 2.26. The van der Waals surface area contributed by atoms with E-state index in [9.17, 15) is 4.79 Å². The Morgan fingerprint density at radius 3 is 2.29 bits per heavy atom. The first kappa shape index (κ1) is 21.2. The van der Waals surface area contributed by atoms with Crippen molar-refractivity contribution in [2.24, 2.45) is 0 Å². The topological polar surface area (TPSA) is 46.5 Å². The number of hydrogen-bond donors (Lipinski definition) is 1. The summed E-state index contributed by atoms with van der Waals surface area (Å²) in [5.41, 5.74) is 3.34. The van der Waals surface area contributed by atoms with Gasteiger partial charge in [0, 0.05) is 24.6 Å². The van der Waals surface area contributed by atoms with Crippen molar-refractivity contribution in [3.8, 4) is 11.4 Å². The molecular weight excluding hydrogens is 386 g/mol. The van der Waals surface area contributed by atoms with Crippen molar-refractivity contribution >= 4 is 5.91 Å². The van der Waals surface area contributed by atoms with Crippen LogP contribution >= 0.6 is 0 Å². The lowest BCUT2D eigenvalue weighted by molar-refractivity contribution is -0.120. The molecule has 0 aliphatic carbocycles. The van der Waals surface area contributed by atoms with Gasteiger partial charge in [-0.25, -0.2) is 0 Å². The lowest BCUT2D eigenvalue weighted by Gasteiger charge is -2.35. The normalized spacial score (nSPS) is 15.4. The van der Waals surface area contributed by atoms with Crippen molar-refractivity contribution in [1.82, 2.24) is 14.8 Å². The molecule has 5 nitrogen and oxygen atoms in total. The number of nitrogens with zero attached hydrogens (tertiary/aromatic N) is 2. The molecule has 4 rings (SSSR count). The molecule has 2 aromatic carbocycles. The van der Waals surface area contributed by atoms with E-state index in [1.807, 2.05) is 48.8 Å². The maximum absolute atomic E-state index is 12.7. The van der Waals surface area contributed by atoms with E-state index in [0.717, 1.165) is 30.1 Å². The fourth-order valence-electron chi connectivity index (χ4n) is 4.26. The third-order valence-corrected chi connectivity index (χ3v) is 6.03. The van der Waals surface area contributed by atoms with Crippen LogP contribution in [0.4, 0.5) is 0 Å². The van der Waals surface area contributed by atoms with Gasteiger partial charge in [0.15, 0.2) is 0 Å². The second kappa shape index (κ2) is 10.3. The zero-order valence-corrected chi connectivity index (χ0v) is 18.2. The third-order valence-electron chi connectivity index (χ3n) is 6.03. The Hall–Kier alpha value is -3.05. The molecule has 1 saturated heterocycles. The van der Waals surface area contributed by atoms with Gasteiger partial charge in [-0.05, 0) is 73.5 Å². The summed E-state index contributed by atoms with van der Waals surface area (Å²) in [6.07, 6.45) is 8.14. The smallest absolute Gasteiger partial charge is 0.224 e. The van der Waals surface area contributed by atoms with Crippen molar-refractivity contribution in [1.29, 1.82) is 0 Å². The van der Waals surface area contributed by atoms with Crippen molar-refractivity contribution in [3.63, 3.8) is 0 Å². The van der Waals surface area contributed by atoms with Crippen LogP contribution in [0.1, 0.15) is 36.4 Å². The number of likely N-dealkylation sites (tertiary alicyclic amines) is 1. The Bertz CT molecular complexity index is 943. The van der Waals surface area contributed by atoms with Crippen LogP contribution in [-0.4, -0.2) is 42.1 Å². The zero-order valence-electron chi connectivity index (χ0n) is 18.2. The first-order chi connectivity index (χ1) is 15.2. The largest absolute Gasteiger partial charge is 0.497 e. The molecule has 0 radical (unpaired) electrons. The lowest BCUT2D eigenvalue weighted by atomic mass is 10.0. The minimum absolute atomic E-state index is 0.0595. The van der Waals surface area contributed by atoms with Gasteiger partial charge in [0.1, 0.15) is 5.75 Å². The van der Waals surface area contributed by atoms with Gasteiger partial charge >= 0.3 is 0 Å². The Morgan fingerprint density at radius 2 is 1.65 bits per heavy atom. The molecule has 2 heterocycles. The first-order valence-electron chi connectivity index (χ1n) is 11.1. The second-order valence-corrected chi connectivity index (χ2v) is 8.12. The van der Waals surface area contributed by atoms with Crippen molar-refractivity contribution in [3.05, 3.63) is 84.2 Å². The molecule has 162 valence electrons. The summed E-state index contributed by atoms with van der Waals surface area (Å²) < 4.78 is 7.36. The average molecular weight is 418 g/mol. The second-order valence-electron chi connectivity index (χ2n) is 8.12. The highest BCUT2D eigenvalue weighted by atomic mass is 16.5. The lowest BCUT2D eigenvalue weighted by Crippen LogP contribution is -2.41. The predicted octanol–water partition coefficient (Wildman–Crippen LogP) is 4.37. The summed E-state index contributed by atoms with van der Waals surface area (Å²) in [5, 5.41) is 3.18. The van der Waals surface area contributed by atoms with Crippen LogP contribution in [0.25, 0.3) is 5.69 Å². The molecule has 1 unspecified atom stereocenters. The van der Waals surface area contributed by atoms with Gasteiger partial charge in [-0.15, -0.1) is 0 Å². The number of hydrogen-bond acceptors (Lipinski definition) is 3. The van der Waals surface area contributed by atoms with E-state index in [2.05, 4.69) is 39.0 Å². The molecule has 1 amide bonds. The van der Waals surface area contributed by atoms with Crippen LogP contribution in [0.3, 0.4) is 0 Å². The number of carbonyl (C=O) groups is 1. The van der Waals surface area contributed by atoms with E-state index in [-0.39, 0.29) is 11.9 Å². The SMILES string of the molecule is COc1ccc(C(CNC(=O)Cc2ccc(-n3cccc3)cc2)N2CCCCC2)cc1. The molecule has 1 N–H and O–H groups in total. The quantitative estimate of drug-likeness (QED) is 0.592. The number of piperidine rings is 1. The van der Waals surface area contributed by atoms with Gasteiger partial charge in [-0.1, -0.05) is 30.7 Å². The van der Waals surface area contributed by atoms with Crippen molar-refractivity contribution in [2.45, 2.75) is 31.7 Å².